The fourth-order valence-electron chi connectivity index (χ4n) is 1.25. The molecule has 0 spiro atoms. The van der Waals surface area contributed by atoms with Gasteiger partial charge in [0, 0.05) is 0 Å². The first-order chi connectivity index (χ1) is 8.04. The number of aryl methyl sites for hydroxylation is 1. The molecule has 1 aromatic carbocycles. The number of aliphatic hydroxyl groups excluding tert-OH is 1. The summed E-state index contributed by atoms with van der Waals surface area (Å²) >= 11 is 5.98. The molecular weight excluding hydrogens is 242 g/mol. The lowest BCUT2D eigenvalue weighted by Crippen LogP contribution is -2.27. The summed E-state index contributed by atoms with van der Waals surface area (Å²) in [6, 6.07) is 5.25. The molecular formula is C12H16ClNO3. The average Bonchev–Trinajstić information content (AvgIpc) is 2.28. The normalized spacial score (nSPS) is 12.2. The predicted octanol–water partition coefficient (Wildman–Crippen LogP) is 1.94. The summed E-state index contributed by atoms with van der Waals surface area (Å²) in [6.45, 7) is 3.61. The zero-order valence-electron chi connectivity index (χ0n) is 9.87. The molecule has 2 N–H and O–H groups in total. The van der Waals surface area contributed by atoms with E-state index < -0.39 is 12.0 Å². The first-order valence-corrected chi connectivity index (χ1v) is 5.81. The van der Waals surface area contributed by atoms with Gasteiger partial charge in [0.1, 0.15) is 6.61 Å². The van der Waals surface area contributed by atoms with E-state index in [4.69, 9.17) is 21.5 Å². The molecule has 0 aromatic heterocycles. The summed E-state index contributed by atoms with van der Waals surface area (Å²) in [6.07, 6.45) is 0.230. The molecule has 0 saturated heterocycles. The van der Waals surface area contributed by atoms with Crippen molar-refractivity contribution in [2.24, 2.45) is 0 Å². The molecule has 0 aliphatic rings. The van der Waals surface area contributed by atoms with Crippen molar-refractivity contribution in [3.8, 4) is 0 Å². The van der Waals surface area contributed by atoms with Crippen LogP contribution in [0.1, 0.15) is 29.8 Å². The molecule has 1 amide bonds. The van der Waals surface area contributed by atoms with Crippen LogP contribution in [0.5, 0.6) is 0 Å². The SMILES string of the molecule is CCc1ccc(C(=O)NOCC(C)O)c(Cl)c1. The third-order valence-electron chi connectivity index (χ3n) is 2.18. The van der Waals surface area contributed by atoms with Gasteiger partial charge in [-0.25, -0.2) is 5.48 Å². The summed E-state index contributed by atoms with van der Waals surface area (Å²) in [7, 11) is 0. The zero-order chi connectivity index (χ0) is 12.8. The number of rotatable bonds is 5. The molecule has 0 saturated carbocycles. The maximum atomic E-state index is 11.6. The Balaban J connectivity index is 2.63. The molecule has 0 aliphatic heterocycles. The number of nitrogens with one attached hydrogen (secondary N) is 1. The van der Waals surface area contributed by atoms with Gasteiger partial charge >= 0.3 is 0 Å². The highest BCUT2D eigenvalue weighted by Gasteiger charge is 2.10. The second-order valence-corrected chi connectivity index (χ2v) is 4.17. The lowest BCUT2D eigenvalue weighted by Gasteiger charge is -2.09. The van der Waals surface area contributed by atoms with Crippen molar-refractivity contribution >= 4 is 17.5 Å². The Morgan fingerprint density at radius 1 is 1.59 bits per heavy atom. The molecule has 1 aromatic rings. The van der Waals surface area contributed by atoms with Gasteiger partial charge in [0.25, 0.3) is 5.91 Å². The van der Waals surface area contributed by atoms with Crippen LogP contribution in [0.15, 0.2) is 18.2 Å². The van der Waals surface area contributed by atoms with Gasteiger partial charge in [-0.2, -0.15) is 0 Å². The Bertz CT molecular complexity index is 393. The van der Waals surface area contributed by atoms with Gasteiger partial charge < -0.3 is 5.11 Å². The van der Waals surface area contributed by atoms with Crippen molar-refractivity contribution in [3.05, 3.63) is 34.3 Å². The van der Waals surface area contributed by atoms with Crippen molar-refractivity contribution in [1.29, 1.82) is 0 Å². The lowest BCUT2D eigenvalue weighted by atomic mass is 10.1. The van der Waals surface area contributed by atoms with Gasteiger partial charge in [-0.05, 0) is 31.0 Å². The highest BCUT2D eigenvalue weighted by Crippen LogP contribution is 2.18. The molecule has 4 nitrogen and oxygen atoms in total. The van der Waals surface area contributed by atoms with Crippen LogP contribution in [0.2, 0.25) is 5.02 Å². The smallest absolute Gasteiger partial charge is 0.276 e. The number of hydrogen-bond donors (Lipinski definition) is 2. The molecule has 94 valence electrons. The minimum absolute atomic E-state index is 0.0381. The third-order valence-corrected chi connectivity index (χ3v) is 2.49. The second kappa shape index (κ2) is 6.59. The van der Waals surface area contributed by atoms with E-state index >= 15 is 0 Å². The molecule has 5 heteroatoms. The quantitative estimate of drug-likeness (QED) is 0.793. The maximum Gasteiger partial charge on any atom is 0.276 e. The predicted molar refractivity (Wildman–Crippen MR) is 65.9 cm³/mol. The first-order valence-electron chi connectivity index (χ1n) is 5.43. The van der Waals surface area contributed by atoms with Crippen LogP contribution < -0.4 is 5.48 Å². The molecule has 0 fully saturated rings. The molecule has 0 radical (unpaired) electrons. The maximum absolute atomic E-state index is 11.6. The van der Waals surface area contributed by atoms with Crippen molar-refractivity contribution in [2.75, 3.05) is 6.61 Å². The molecule has 1 atom stereocenters. The van der Waals surface area contributed by atoms with Crippen LogP contribution in [-0.2, 0) is 11.3 Å². The van der Waals surface area contributed by atoms with E-state index in [0.717, 1.165) is 12.0 Å². The summed E-state index contributed by atoms with van der Waals surface area (Å²) in [4.78, 5) is 16.5. The largest absolute Gasteiger partial charge is 0.391 e. The van der Waals surface area contributed by atoms with E-state index in [0.29, 0.717) is 10.6 Å². The summed E-state index contributed by atoms with van der Waals surface area (Å²) in [5, 5.41) is 9.35. The van der Waals surface area contributed by atoms with E-state index in [1.165, 1.54) is 0 Å². The monoisotopic (exact) mass is 257 g/mol. The second-order valence-electron chi connectivity index (χ2n) is 3.76. The van der Waals surface area contributed by atoms with E-state index in [9.17, 15) is 4.79 Å². The van der Waals surface area contributed by atoms with Crippen molar-refractivity contribution in [3.63, 3.8) is 0 Å². The van der Waals surface area contributed by atoms with Crippen LogP contribution in [0.3, 0.4) is 0 Å². The van der Waals surface area contributed by atoms with Crippen molar-refractivity contribution < 1.29 is 14.7 Å². The van der Waals surface area contributed by atoms with Crippen molar-refractivity contribution in [2.45, 2.75) is 26.4 Å². The highest BCUT2D eigenvalue weighted by atomic mass is 35.5. The Labute approximate surface area is 105 Å². The van der Waals surface area contributed by atoms with Gasteiger partial charge in [-0.1, -0.05) is 24.6 Å². The number of aliphatic hydroxyl groups is 1. The molecule has 0 heterocycles. The van der Waals surface area contributed by atoms with Crippen LogP contribution in [0.25, 0.3) is 0 Å². The lowest BCUT2D eigenvalue weighted by molar-refractivity contribution is -0.00686. The molecule has 1 rings (SSSR count). The number of carbonyl (C=O) groups excluding carboxylic acids is 1. The van der Waals surface area contributed by atoms with Crippen LogP contribution in [0.4, 0.5) is 0 Å². The third kappa shape index (κ3) is 4.34. The fourth-order valence-corrected chi connectivity index (χ4v) is 1.53. The molecule has 0 bridgehead atoms. The Morgan fingerprint density at radius 3 is 2.82 bits per heavy atom. The van der Waals surface area contributed by atoms with E-state index in [1.54, 1.807) is 19.1 Å². The van der Waals surface area contributed by atoms with Gasteiger partial charge in [0.2, 0.25) is 0 Å². The number of benzene rings is 1. The molecule has 1 unspecified atom stereocenters. The van der Waals surface area contributed by atoms with Crippen molar-refractivity contribution in [1.82, 2.24) is 5.48 Å². The fraction of sp³-hybridized carbons (Fsp3) is 0.417. The Hall–Kier alpha value is -1.10. The summed E-state index contributed by atoms with van der Waals surface area (Å²) < 4.78 is 0. The summed E-state index contributed by atoms with van der Waals surface area (Å²) in [5.41, 5.74) is 3.65. The van der Waals surface area contributed by atoms with Gasteiger partial charge in [0.15, 0.2) is 0 Å². The van der Waals surface area contributed by atoms with E-state index in [1.807, 2.05) is 13.0 Å². The zero-order valence-corrected chi connectivity index (χ0v) is 10.6. The minimum atomic E-state index is -0.631. The first kappa shape index (κ1) is 14.0. The summed E-state index contributed by atoms with van der Waals surface area (Å²) in [5.74, 6) is -0.418. The number of hydrogen-bond acceptors (Lipinski definition) is 3. The van der Waals surface area contributed by atoms with Gasteiger partial charge in [-0.3, -0.25) is 9.63 Å². The number of halogens is 1. The van der Waals surface area contributed by atoms with Crippen LogP contribution >= 0.6 is 11.6 Å². The molecule has 17 heavy (non-hydrogen) atoms. The van der Waals surface area contributed by atoms with Gasteiger partial charge in [-0.15, -0.1) is 0 Å². The highest BCUT2D eigenvalue weighted by molar-refractivity contribution is 6.33. The van der Waals surface area contributed by atoms with Gasteiger partial charge in [0.05, 0.1) is 16.7 Å². The Morgan fingerprint density at radius 2 is 2.29 bits per heavy atom. The average molecular weight is 258 g/mol. The van der Waals surface area contributed by atoms with E-state index in [2.05, 4.69) is 5.48 Å². The minimum Gasteiger partial charge on any atom is -0.391 e. The number of carbonyl (C=O) groups is 1. The topological polar surface area (TPSA) is 58.6 Å². The number of hydroxylamine groups is 1. The standard InChI is InChI=1S/C12H16ClNO3/c1-3-9-4-5-10(11(13)6-9)12(16)14-17-7-8(2)15/h4-6,8,15H,3,7H2,1-2H3,(H,14,16). The molecule has 0 aliphatic carbocycles. The Kier molecular flexibility index (Phi) is 5.41. The van der Waals surface area contributed by atoms with E-state index in [-0.39, 0.29) is 6.61 Å². The number of amides is 1. The van der Waals surface area contributed by atoms with Crippen LogP contribution in [-0.4, -0.2) is 23.7 Å². The van der Waals surface area contributed by atoms with Crippen LogP contribution in [0, 0.1) is 0 Å².